The molecule has 0 amide bonds. The van der Waals surface area contributed by atoms with Gasteiger partial charge in [-0.25, -0.2) is 9.97 Å². The summed E-state index contributed by atoms with van der Waals surface area (Å²) in [6.45, 7) is 3.21. The Labute approximate surface area is 161 Å². The second kappa shape index (κ2) is 6.95. The van der Waals surface area contributed by atoms with Gasteiger partial charge >= 0.3 is 6.18 Å². The molecule has 0 saturated heterocycles. The number of anilines is 1. The van der Waals surface area contributed by atoms with Gasteiger partial charge in [-0.1, -0.05) is 12.1 Å². The molecule has 0 aliphatic heterocycles. The van der Waals surface area contributed by atoms with Crippen LogP contribution in [0, 0.1) is 6.92 Å². The first-order valence-corrected chi connectivity index (χ1v) is 8.84. The third-order valence-electron chi connectivity index (χ3n) is 4.46. The van der Waals surface area contributed by atoms with Crippen molar-refractivity contribution in [3.05, 3.63) is 62.1 Å². The Morgan fingerprint density at radius 3 is 2.63 bits per heavy atom. The van der Waals surface area contributed by atoms with Gasteiger partial charge in [0.25, 0.3) is 5.56 Å². The molecule has 1 unspecified atom stereocenters. The van der Waals surface area contributed by atoms with Crippen molar-refractivity contribution < 1.29 is 13.2 Å². The lowest BCUT2D eigenvalue weighted by Gasteiger charge is -2.21. The summed E-state index contributed by atoms with van der Waals surface area (Å²) in [5, 5.41) is 3.73. The van der Waals surface area contributed by atoms with Gasteiger partial charge in [-0.2, -0.15) is 13.2 Å². The van der Waals surface area contributed by atoms with E-state index < -0.39 is 17.8 Å². The maximum Gasteiger partial charge on any atom is 0.416 e. The monoisotopic (exact) mass is 440 g/mol. The number of aryl methyl sites for hydroxylation is 1. The van der Waals surface area contributed by atoms with E-state index in [2.05, 4.69) is 31.2 Å². The lowest BCUT2D eigenvalue weighted by Crippen LogP contribution is -2.19. The van der Waals surface area contributed by atoms with E-state index in [4.69, 9.17) is 0 Å². The first-order valence-electron chi connectivity index (χ1n) is 8.04. The van der Waals surface area contributed by atoms with Crippen LogP contribution in [0.5, 0.6) is 0 Å². The summed E-state index contributed by atoms with van der Waals surface area (Å²) in [4.78, 5) is 20.4. The van der Waals surface area contributed by atoms with Crippen LogP contribution in [0.3, 0.4) is 0 Å². The van der Waals surface area contributed by atoms with Crippen molar-refractivity contribution in [2.24, 2.45) is 7.05 Å². The second-order valence-corrected chi connectivity index (χ2v) is 7.05. The van der Waals surface area contributed by atoms with Crippen LogP contribution in [-0.4, -0.2) is 14.5 Å². The number of aromatic nitrogens is 3. The van der Waals surface area contributed by atoms with Crippen LogP contribution in [-0.2, 0) is 13.2 Å². The van der Waals surface area contributed by atoms with Crippen LogP contribution >= 0.6 is 15.9 Å². The fraction of sp³-hybridized carbons (Fsp3) is 0.278. The van der Waals surface area contributed by atoms with E-state index >= 15 is 0 Å². The normalized spacial score (nSPS) is 13.0. The molecule has 0 saturated carbocycles. The molecule has 27 heavy (non-hydrogen) atoms. The van der Waals surface area contributed by atoms with Crippen LogP contribution < -0.4 is 10.9 Å². The van der Waals surface area contributed by atoms with Crippen molar-refractivity contribution in [3.63, 3.8) is 0 Å². The van der Waals surface area contributed by atoms with Gasteiger partial charge in [0, 0.05) is 7.05 Å². The largest absolute Gasteiger partial charge is 0.416 e. The molecular formula is C18H16BrF3N4O. The number of alkyl halides is 3. The highest BCUT2D eigenvalue weighted by Gasteiger charge is 2.33. The third kappa shape index (κ3) is 3.55. The number of rotatable bonds is 3. The number of halogens is 4. The highest BCUT2D eigenvalue weighted by molar-refractivity contribution is 9.10. The topological polar surface area (TPSA) is 59.8 Å². The van der Waals surface area contributed by atoms with Gasteiger partial charge in [-0.15, -0.1) is 0 Å². The molecule has 0 bridgehead atoms. The van der Waals surface area contributed by atoms with Gasteiger partial charge in [0.15, 0.2) is 0 Å². The minimum Gasteiger partial charge on any atom is -0.363 e. The molecule has 2 heterocycles. The fourth-order valence-electron chi connectivity index (χ4n) is 3.06. The van der Waals surface area contributed by atoms with Crippen LogP contribution in [0.25, 0.3) is 11.0 Å². The van der Waals surface area contributed by atoms with Gasteiger partial charge < -0.3 is 5.32 Å². The minimum atomic E-state index is -4.41. The number of hydrogen-bond acceptors (Lipinski definition) is 4. The Balaban J connectivity index is 2.05. The van der Waals surface area contributed by atoms with Crippen molar-refractivity contribution in [1.29, 1.82) is 0 Å². The van der Waals surface area contributed by atoms with Gasteiger partial charge in [0.1, 0.15) is 17.8 Å². The van der Waals surface area contributed by atoms with Crippen LogP contribution in [0.2, 0.25) is 0 Å². The molecule has 142 valence electrons. The number of nitrogens with one attached hydrogen (secondary N) is 1. The first-order chi connectivity index (χ1) is 12.6. The van der Waals surface area contributed by atoms with E-state index in [0.717, 1.165) is 6.07 Å². The molecular weight excluding hydrogens is 425 g/mol. The molecule has 0 radical (unpaired) electrons. The predicted octanol–water partition coefficient (Wildman–Crippen LogP) is 4.59. The molecule has 9 heteroatoms. The second-order valence-electron chi connectivity index (χ2n) is 6.20. The molecule has 3 aromatic rings. The number of nitrogens with zero attached hydrogens (tertiary/aromatic N) is 3. The highest BCUT2D eigenvalue weighted by atomic mass is 79.9. The summed E-state index contributed by atoms with van der Waals surface area (Å²) in [5.41, 5.74) is 0.200. The Bertz CT molecular complexity index is 1080. The van der Waals surface area contributed by atoms with Gasteiger partial charge in [-0.3, -0.25) is 9.36 Å². The smallest absolute Gasteiger partial charge is 0.363 e. The lowest BCUT2D eigenvalue weighted by molar-refractivity contribution is -0.138. The van der Waals surface area contributed by atoms with Gasteiger partial charge in [0.2, 0.25) is 0 Å². The molecule has 0 aliphatic rings. The van der Waals surface area contributed by atoms with E-state index in [0.29, 0.717) is 26.9 Å². The third-order valence-corrected chi connectivity index (χ3v) is 5.03. The van der Waals surface area contributed by atoms with Crippen LogP contribution in [0.4, 0.5) is 19.0 Å². The van der Waals surface area contributed by atoms with Gasteiger partial charge in [0.05, 0.1) is 21.5 Å². The maximum atomic E-state index is 13.2. The highest BCUT2D eigenvalue weighted by Crippen LogP contribution is 2.35. The van der Waals surface area contributed by atoms with E-state index in [9.17, 15) is 18.0 Å². The average Bonchev–Trinajstić information content (AvgIpc) is 2.59. The summed E-state index contributed by atoms with van der Waals surface area (Å²) >= 11 is 3.21. The lowest BCUT2D eigenvalue weighted by atomic mass is 9.97. The molecule has 5 nitrogen and oxygen atoms in total. The van der Waals surface area contributed by atoms with Gasteiger partial charge in [-0.05, 0) is 53.0 Å². The molecule has 1 N–H and O–H groups in total. The summed E-state index contributed by atoms with van der Waals surface area (Å²) in [7, 11) is 1.59. The van der Waals surface area contributed by atoms with Crippen molar-refractivity contribution in [2.75, 3.05) is 5.32 Å². The van der Waals surface area contributed by atoms with Crippen molar-refractivity contribution >= 4 is 32.8 Å². The number of hydrogen-bond donors (Lipinski definition) is 1. The standard InChI is InChI=1S/C18H16BrF3N4O/c1-9-11(5-4-6-13(9)18(20,21)22)10(2)25-15-12-7-14(19)17(27)26(3)16(12)24-8-23-15/h4-8,10H,1-3H3,(H,23,24,25). The zero-order valence-corrected chi connectivity index (χ0v) is 16.3. The average molecular weight is 441 g/mol. The summed E-state index contributed by atoms with van der Waals surface area (Å²) in [6, 6.07) is 5.27. The van der Waals surface area contributed by atoms with E-state index in [1.165, 1.54) is 23.9 Å². The molecule has 0 fully saturated rings. The van der Waals surface area contributed by atoms with E-state index in [1.54, 1.807) is 26.1 Å². The molecule has 0 aliphatic carbocycles. The Morgan fingerprint density at radius 1 is 1.26 bits per heavy atom. The van der Waals surface area contributed by atoms with Crippen LogP contribution in [0.15, 0.2) is 39.9 Å². The fourth-order valence-corrected chi connectivity index (χ4v) is 3.55. The van der Waals surface area contributed by atoms with Crippen molar-refractivity contribution in [2.45, 2.75) is 26.1 Å². The Morgan fingerprint density at radius 2 is 1.96 bits per heavy atom. The number of pyridine rings is 1. The zero-order valence-electron chi connectivity index (χ0n) is 14.7. The van der Waals surface area contributed by atoms with Crippen molar-refractivity contribution in [3.8, 4) is 0 Å². The Kier molecular flexibility index (Phi) is 4.98. The molecule has 0 spiro atoms. The summed E-state index contributed by atoms with van der Waals surface area (Å²) in [6.07, 6.45) is -3.10. The Hall–Kier alpha value is -2.42. The number of benzene rings is 1. The minimum absolute atomic E-state index is 0.164. The molecule has 1 aromatic carbocycles. The summed E-state index contributed by atoms with van der Waals surface area (Å²) < 4.78 is 41.3. The SMILES string of the molecule is Cc1c(C(C)Nc2ncnc3c2cc(Br)c(=O)n3C)cccc1C(F)(F)F. The maximum absolute atomic E-state index is 13.2. The summed E-state index contributed by atoms with van der Waals surface area (Å²) in [5.74, 6) is 0.431. The first kappa shape index (κ1) is 19.3. The molecule has 1 atom stereocenters. The molecule has 3 rings (SSSR count). The quantitative estimate of drug-likeness (QED) is 0.646. The zero-order chi connectivity index (χ0) is 19.9. The predicted molar refractivity (Wildman–Crippen MR) is 101 cm³/mol. The molecule has 2 aromatic heterocycles. The van der Waals surface area contributed by atoms with E-state index in [1.807, 2.05) is 0 Å². The number of fused-ring (bicyclic) bond motifs is 1. The van der Waals surface area contributed by atoms with Crippen LogP contribution in [0.1, 0.15) is 29.7 Å². The van der Waals surface area contributed by atoms with E-state index in [-0.39, 0.29) is 11.1 Å². The van der Waals surface area contributed by atoms with Crippen molar-refractivity contribution in [1.82, 2.24) is 14.5 Å².